The summed E-state index contributed by atoms with van der Waals surface area (Å²) in [7, 11) is 0. The summed E-state index contributed by atoms with van der Waals surface area (Å²) in [5.74, 6) is 1.95. The number of aryl methyl sites for hydroxylation is 2. The van der Waals surface area contributed by atoms with E-state index in [1.54, 1.807) is 24.0 Å². The molecule has 1 aliphatic heterocycles. The van der Waals surface area contributed by atoms with Crippen LogP contribution in [0.5, 0.6) is 0 Å². The van der Waals surface area contributed by atoms with Crippen molar-refractivity contribution in [3.8, 4) is 0 Å². The van der Waals surface area contributed by atoms with Gasteiger partial charge in [0.05, 0.1) is 4.92 Å². The number of nitrogens with zero attached hydrogens (tertiary/aromatic N) is 5. The second-order valence-corrected chi connectivity index (χ2v) is 7.54. The topological polar surface area (TPSA) is 104 Å². The van der Waals surface area contributed by atoms with Gasteiger partial charge in [-0.25, -0.2) is 14.8 Å². The number of anilines is 2. The minimum atomic E-state index is -0.446. The molecule has 9 heteroatoms. The van der Waals surface area contributed by atoms with Crippen molar-refractivity contribution in [2.24, 2.45) is 0 Å². The molecular formula is C20H26N6O3. The van der Waals surface area contributed by atoms with Crippen LogP contribution < -0.4 is 10.2 Å². The Kier molecular flexibility index (Phi) is 5.95. The Morgan fingerprint density at radius 3 is 2.45 bits per heavy atom. The quantitative estimate of drug-likeness (QED) is 0.624. The van der Waals surface area contributed by atoms with E-state index in [9.17, 15) is 14.9 Å². The minimum Gasteiger partial charge on any atom is -0.353 e. The average Bonchev–Trinajstić information content (AvgIpc) is 2.68. The van der Waals surface area contributed by atoms with Gasteiger partial charge in [0.15, 0.2) is 0 Å². The zero-order chi connectivity index (χ0) is 21.1. The number of urea groups is 1. The van der Waals surface area contributed by atoms with Gasteiger partial charge in [-0.1, -0.05) is 19.9 Å². The summed E-state index contributed by atoms with van der Waals surface area (Å²) in [6.07, 6.45) is 0. The summed E-state index contributed by atoms with van der Waals surface area (Å²) in [6, 6.07) is 6.40. The van der Waals surface area contributed by atoms with Crippen molar-refractivity contribution >= 4 is 23.2 Å². The maximum atomic E-state index is 12.6. The standard InChI is InChI=1S/C20H26N6O3/c1-13(2)19-21-15(4)11-18(23-19)24-7-9-25(10-8-24)20(27)22-16-6-5-14(3)17(12-16)26(28)29/h5-6,11-13H,7-10H2,1-4H3,(H,22,27). The molecule has 9 nitrogen and oxygen atoms in total. The maximum Gasteiger partial charge on any atom is 0.321 e. The number of nitro benzene ring substituents is 1. The molecule has 0 radical (unpaired) electrons. The number of hydrogen-bond donors (Lipinski definition) is 1. The lowest BCUT2D eigenvalue weighted by atomic mass is 10.2. The van der Waals surface area contributed by atoms with E-state index in [0.717, 1.165) is 17.3 Å². The minimum absolute atomic E-state index is 0.00675. The lowest BCUT2D eigenvalue weighted by Gasteiger charge is -2.35. The highest BCUT2D eigenvalue weighted by Gasteiger charge is 2.23. The van der Waals surface area contributed by atoms with Gasteiger partial charge in [0.1, 0.15) is 11.6 Å². The number of rotatable bonds is 4. The largest absolute Gasteiger partial charge is 0.353 e. The van der Waals surface area contributed by atoms with Crippen molar-refractivity contribution in [2.45, 2.75) is 33.6 Å². The molecule has 3 rings (SSSR count). The van der Waals surface area contributed by atoms with Crippen molar-refractivity contribution in [2.75, 3.05) is 36.4 Å². The summed E-state index contributed by atoms with van der Waals surface area (Å²) >= 11 is 0. The van der Waals surface area contributed by atoms with Gasteiger partial charge in [-0.2, -0.15) is 0 Å². The van der Waals surface area contributed by atoms with Crippen LogP contribution >= 0.6 is 0 Å². The molecule has 1 fully saturated rings. The van der Waals surface area contributed by atoms with Crippen LogP contribution in [0.1, 0.15) is 36.8 Å². The summed E-state index contributed by atoms with van der Waals surface area (Å²) in [4.78, 5) is 36.2. The molecule has 2 amide bonds. The third-order valence-electron chi connectivity index (χ3n) is 4.92. The number of amides is 2. The van der Waals surface area contributed by atoms with Crippen LogP contribution in [0.4, 0.5) is 22.0 Å². The molecule has 1 aliphatic rings. The predicted octanol–water partition coefficient (Wildman–Crippen LogP) is 3.48. The molecule has 29 heavy (non-hydrogen) atoms. The number of nitrogens with one attached hydrogen (secondary N) is 1. The van der Waals surface area contributed by atoms with Gasteiger partial charge in [0.25, 0.3) is 5.69 Å². The molecule has 0 saturated carbocycles. The van der Waals surface area contributed by atoms with E-state index < -0.39 is 4.92 Å². The second-order valence-electron chi connectivity index (χ2n) is 7.54. The van der Waals surface area contributed by atoms with Crippen LogP contribution in [0.25, 0.3) is 0 Å². The second kappa shape index (κ2) is 8.42. The fraction of sp³-hybridized carbons (Fsp3) is 0.450. The Bertz CT molecular complexity index is 922. The molecule has 0 bridgehead atoms. The molecule has 2 aromatic rings. The Hall–Kier alpha value is -3.23. The lowest BCUT2D eigenvalue weighted by molar-refractivity contribution is -0.385. The third-order valence-corrected chi connectivity index (χ3v) is 4.92. The monoisotopic (exact) mass is 398 g/mol. The van der Waals surface area contributed by atoms with Gasteiger partial charge in [-0.3, -0.25) is 10.1 Å². The van der Waals surface area contributed by atoms with Gasteiger partial charge in [0, 0.05) is 61.2 Å². The van der Waals surface area contributed by atoms with E-state index >= 15 is 0 Å². The van der Waals surface area contributed by atoms with E-state index in [-0.39, 0.29) is 17.6 Å². The average molecular weight is 398 g/mol. The summed E-state index contributed by atoms with van der Waals surface area (Å²) < 4.78 is 0. The van der Waals surface area contributed by atoms with Crippen LogP contribution in [0.15, 0.2) is 24.3 Å². The van der Waals surface area contributed by atoms with E-state index in [2.05, 4.69) is 34.0 Å². The van der Waals surface area contributed by atoms with Gasteiger partial charge < -0.3 is 15.1 Å². The van der Waals surface area contributed by atoms with Crippen molar-refractivity contribution in [3.63, 3.8) is 0 Å². The summed E-state index contributed by atoms with van der Waals surface area (Å²) in [6.45, 7) is 10.2. The fourth-order valence-electron chi connectivity index (χ4n) is 3.22. The molecule has 1 aromatic carbocycles. The Morgan fingerprint density at radius 2 is 1.83 bits per heavy atom. The van der Waals surface area contributed by atoms with Crippen molar-refractivity contribution in [3.05, 3.63) is 51.5 Å². The third kappa shape index (κ3) is 4.79. The Labute approximate surface area is 169 Å². The van der Waals surface area contributed by atoms with E-state index in [1.807, 2.05) is 13.0 Å². The van der Waals surface area contributed by atoms with Crippen molar-refractivity contribution < 1.29 is 9.72 Å². The summed E-state index contributed by atoms with van der Waals surface area (Å²) in [5.41, 5.74) is 1.90. The number of aromatic nitrogens is 2. The number of nitro groups is 1. The molecule has 0 unspecified atom stereocenters. The van der Waals surface area contributed by atoms with Gasteiger partial charge in [-0.05, 0) is 19.9 Å². The van der Waals surface area contributed by atoms with Crippen LogP contribution in [0.3, 0.4) is 0 Å². The number of piperazine rings is 1. The SMILES string of the molecule is Cc1cc(N2CCN(C(=O)Nc3ccc(C)c([N+](=O)[O-])c3)CC2)nc(C(C)C)n1. The van der Waals surface area contributed by atoms with Crippen LogP contribution in [-0.2, 0) is 0 Å². The van der Waals surface area contributed by atoms with E-state index in [0.29, 0.717) is 37.4 Å². The first-order chi connectivity index (χ1) is 13.7. The highest BCUT2D eigenvalue weighted by atomic mass is 16.6. The molecule has 1 saturated heterocycles. The Balaban J connectivity index is 1.63. The zero-order valence-corrected chi connectivity index (χ0v) is 17.2. The highest BCUT2D eigenvalue weighted by Crippen LogP contribution is 2.23. The molecule has 154 valence electrons. The summed E-state index contributed by atoms with van der Waals surface area (Å²) in [5, 5.41) is 13.8. The first kappa shape index (κ1) is 20.5. The van der Waals surface area contributed by atoms with Crippen LogP contribution in [0.2, 0.25) is 0 Å². The van der Waals surface area contributed by atoms with Gasteiger partial charge >= 0.3 is 6.03 Å². The molecule has 0 atom stereocenters. The van der Waals surface area contributed by atoms with Crippen molar-refractivity contribution in [1.29, 1.82) is 0 Å². The fourth-order valence-corrected chi connectivity index (χ4v) is 3.22. The highest BCUT2D eigenvalue weighted by molar-refractivity contribution is 5.90. The van der Waals surface area contributed by atoms with E-state index in [4.69, 9.17) is 0 Å². The van der Waals surface area contributed by atoms with Gasteiger partial charge in [-0.15, -0.1) is 0 Å². The smallest absolute Gasteiger partial charge is 0.321 e. The predicted molar refractivity (Wildman–Crippen MR) is 111 cm³/mol. The molecular weight excluding hydrogens is 372 g/mol. The number of carbonyl (C=O) groups is 1. The molecule has 1 N–H and O–H groups in total. The van der Waals surface area contributed by atoms with Crippen LogP contribution in [0, 0.1) is 24.0 Å². The zero-order valence-electron chi connectivity index (χ0n) is 17.2. The normalized spacial score (nSPS) is 14.2. The molecule has 0 spiro atoms. The van der Waals surface area contributed by atoms with Crippen molar-refractivity contribution in [1.82, 2.24) is 14.9 Å². The van der Waals surface area contributed by atoms with Gasteiger partial charge in [0.2, 0.25) is 0 Å². The van der Waals surface area contributed by atoms with E-state index in [1.165, 1.54) is 6.07 Å². The first-order valence-corrected chi connectivity index (χ1v) is 9.66. The molecule has 0 aliphatic carbocycles. The number of hydrogen-bond acceptors (Lipinski definition) is 6. The van der Waals surface area contributed by atoms with Crippen LogP contribution in [-0.4, -0.2) is 52.0 Å². The number of carbonyl (C=O) groups excluding carboxylic acids is 1. The lowest BCUT2D eigenvalue weighted by Crippen LogP contribution is -2.50. The molecule has 1 aromatic heterocycles. The first-order valence-electron chi connectivity index (χ1n) is 9.66. The Morgan fingerprint density at radius 1 is 1.14 bits per heavy atom. The molecule has 2 heterocycles. The number of benzene rings is 1. The maximum absolute atomic E-state index is 12.6.